The van der Waals surface area contributed by atoms with Crippen LogP contribution in [0.25, 0.3) is 0 Å². The highest BCUT2D eigenvalue weighted by molar-refractivity contribution is 5.24. The summed E-state index contributed by atoms with van der Waals surface area (Å²) in [6, 6.07) is 0. The Hall–Kier alpha value is -1.32. The third-order valence-corrected chi connectivity index (χ3v) is 2.59. The molecule has 0 unspecified atom stereocenters. The topological polar surface area (TPSA) is 61.0 Å². The van der Waals surface area contributed by atoms with Crippen LogP contribution < -0.4 is 10.5 Å². The molecule has 4 nitrogen and oxygen atoms in total. The Morgan fingerprint density at radius 3 is 2.71 bits per heavy atom. The Bertz CT molecular complexity index is 280. The molecule has 2 N–H and O–H groups in total. The highest BCUT2D eigenvalue weighted by Gasteiger charge is 2.15. The van der Waals surface area contributed by atoms with Crippen LogP contribution in [0.2, 0.25) is 0 Å². The summed E-state index contributed by atoms with van der Waals surface area (Å²) >= 11 is 0. The van der Waals surface area contributed by atoms with Crippen molar-refractivity contribution in [1.82, 2.24) is 9.97 Å². The standard InChI is InChI=1S/C10H15N3O/c11-9-5-13-10(6-12-9)14-7-8-3-1-2-4-8/h5-6,8H,1-4,7H2,(H2,11,12). The van der Waals surface area contributed by atoms with Crippen molar-refractivity contribution in [2.75, 3.05) is 12.3 Å². The van der Waals surface area contributed by atoms with Gasteiger partial charge in [-0.05, 0) is 18.8 Å². The first-order valence-corrected chi connectivity index (χ1v) is 5.05. The average Bonchev–Trinajstić information content (AvgIpc) is 2.70. The molecule has 1 aliphatic rings. The minimum absolute atomic E-state index is 0.429. The van der Waals surface area contributed by atoms with Gasteiger partial charge in [0.2, 0.25) is 5.88 Å². The van der Waals surface area contributed by atoms with Crippen molar-refractivity contribution < 1.29 is 4.74 Å². The monoisotopic (exact) mass is 193 g/mol. The van der Waals surface area contributed by atoms with Gasteiger partial charge in [0.25, 0.3) is 0 Å². The molecule has 1 aliphatic carbocycles. The van der Waals surface area contributed by atoms with E-state index < -0.39 is 0 Å². The Balaban J connectivity index is 1.82. The SMILES string of the molecule is Nc1cnc(OCC2CCCC2)cn1. The van der Waals surface area contributed by atoms with Crippen LogP contribution in [-0.2, 0) is 0 Å². The molecule has 1 aromatic rings. The average molecular weight is 193 g/mol. The third-order valence-electron chi connectivity index (χ3n) is 2.59. The molecule has 0 aromatic carbocycles. The van der Waals surface area contributed by atoms with Gasteiger partial charge in [-0.1, -0.05) is 12.8 Å². The Kier molecular flexibility index (Phi) is 2.81. The van der Waals surface area contributed by atoms with Gasteiger partial charge in [-0.15, -0.1) is 0 Å². The maximum Gasteiger partial charge on any atom is 0.232 e. The Morgan fingerprint density at radius 2 is 2.07 bits per heavy atom. The maximum absolute atomic E-state index is 5.52. The van der Waals surface area contributed by atoms with Gasteiger partial charge in [0, 0.05) is 0 Å². The normalized spacial score (nSPS) is 17.1. The van der Waals surface area contributed by atoms with Crippen LogP contribution in [0.3, 0.4) is 0 Å². The molecule has 14 heavy (non-hydrogen) atoms. The minimum atomic E-state index is 0.429. The molecule has 0 bridgehead atoms. The number of hydrogen-bond donors (Lipinski definition) is 1. The van der Waals surface area contributed by atoms with E-state index >= 15 is 0 Å². The summed E-state index contributed by atoms with van der Waals surface area (Å²) in [5, 5.41) is 0. The fourth-order valence-electron chi connectivity index (χ4n) is 1.78. The van der Waals surface area contributed by atoms with Crippen LogP contribution in [-0.4, -0.2) is 16.6 Å². The van der Waals surface area contributed by atoms with Gasteiger partial charge in [-0.2, -0.15) is 0 Å². The van der Waals surface area contributed by atoms with Gasteiger partial charge in [0.1, 0.15) is 5.82 Å². The summed E-state index contributed by atoms with van der Waals surface area (Å²) in [4.78, 5) is 7.94. The van der Waals surface area contributed by atoms with Gasteiger partial charge >= 0.3 is 0 Å². The quantitative estimate of drug-likeness (QED) is 0.792. The lowest BCUT2D eigenvalue weighted by atomic mass is 10.1. The molecule has 1 saturated carbocycles. The van der Waals surface area contributed by atoms with E-state index in [4.69, 9.17) is 10.5 Å². The molecule has 2 rings (SSSR count). The second-order valence-electron chi connectivity index (χ2n) is 3.74. The molecule has 0 radical (unpaired) electrons. The van der Waals surface area contributed by atoms with E-state index in [1.807, 2.05) is 0 Å². The molecule has 1 heterocycles. The fraction of sp³-hybridized carbons (Fsp3) is 0.600. The first-order valence-electron chi connectivity index (χ1n) is 5.05. The van der Waals surface area contributed by atoms with Crippen LogP contribution in [0.4, 0.5) is 5.82 Å². The van der Waals surface area contributed by atoms with E-state index in [1.54, 1.807) is 6.20 Å². The first-order chi connectivity index (χ1) is 6.84. The molecular formula is C10H15N3O. The second-order valence-corrected chi connectivity index (χ2v) is 3.74. The van der Waals surface area contributed by atoms with Crippen molar-refractivity contribution in [1.29, 1.82) is 0 Å². The molecule has 4 heteroatoms. The van der Waals surface area contributed by atoms with Gasteiger partial charge in [-0.25, -0.2) is 9.97 Å². The number of nitrogen functional groups attached to an aromatic ring is 1. The molecule has 0 saturated heterocycles. The van der Waals surface area contributed by atoms with Gasteiger partial charge in [0.05, 0.1) is 19.0 Å². The van der Waals surface area contributed by atoms with E-state index in [9.17, 15) is 0 Å². The minimum Gasteiger partial charge on any atom is -0.476 e. The highest BCUT2D eigenvalue weighted by atomic mass is 16.5. The zero-order valence-corrected chi connectivity index (χ0v) is 8.15. The first kappa shape index (κ1) is 9.24. The number of hydrogen-bond acceptors (Lipinski definition) is 4. The zero-order chi connectivity index (χ0) is 9.80. The molecular weight excluding hydrogens is 178 g/mol. The lowest BCUT2D eigenvalue weighted by molar-refractivity contribution is 0.242. The van der Waals surface area contributed by atoms with Crippen LogP contribution in [0, 0.1) is 5.92 Å². The van der Waals surface area contributed by atoms with E-state index in [2.05, 4.69) is 9.97 Å². The molecule has 0 spiro atoms. The maximum atomic E-state index is 5.52. The van der Waals surface area contributed by atoms with Crippen LogP contribution >= 0.6 is 0 Å². The molecule has 1 fully saturated rings. The largest absolute Gasteiger partial charge is 0.476 e. The summed E-state index contributed by atoms with van der Waals surface area (Å²) < 4.78 is 5.52. The lowest BCUT2D eigenvalue weighted by Gasteiger charge is -2.09. The predicted molar refractivity (Wildman–Crippen MR) is 53.9 cm³/mol. The van der Waals surface area contributed by atoms with Gasteiger partial charge < -0.3 is 10.5 Å². The molecule has 76 valence electrons. The van der Waals surface area contributed by atoms with E-state index in [0.717, 1.165) is 6.61 Å². The van der Waals surface area contributed by atoms with Crippen molar-refractivity contribution >= 4 is 5.82 Å². The predicted octanol–water partition coefficient (Wildman–Crippen LogP) is 1.63. The number of aromatic nitrogens is 2. The highest BCUT2D eigenvalue weighted by Crippen LogP contribution is 2.25. The van der Waals surface area contributed by atoms with E-state index in [-0.39, 0.29) is 0 Å². The van der Waals surface area contributed by atoms with Crippen LogP contribution in [0.15, 0.2) is 12.4 Å². The molecule has 0 atom stereocenters. The second kappa shape index (κ2) is 4.26. The number of anilines is 1. The molecule has 0 amide bonds. The van der Waals surface area contributed by atoms with Gasteiger partial charge in [0.15, 0.2) is 0 Å². The number of nitrogens with two attached hydrogens (primary N) is 1. The molecule has 1 aromatic heterocycles. The summed E-state index contributed by atoms with van der Waals surface area (Å²) in [6.45, 7) is 0.762. The van der Waals surface area contributed by atoms with Crippen molar-refractivity contribution in [2.45, 2.75) is 25.7 Å². The smallest absolute Gasteiger partial charge is 0.232 e. The number of ether oxygens (including phenoxy) is 1. The van der Waals surface area contributed by atoms with E-state index in [0.29, 0.717) is 17.6 Å². The van der Waals surface area contributed by atoms with Crippen molar-refractivity contribution in [3.05, 3.63) is 12.4 Å². The Labute approximate surface area is 83.5 Å². The Morgan fingerprint density at radius 1 is 1.29 bits per heavy atom. The number of rotatable bonds is 3. The van der Waals surface area contributed by atoms with Crippen LogP contribution in [0.1, 0.15) is 25.7 Å². The summed E-state index contributed by atoms with van der Waals surface area (Å²) in [7, 11) is 0. The molecule has 0 aliphatic heterocycles. The fourth-order valence-corrected chi connectivity index (χ4v) is 1.78. The van der Waals surface area contributed by atoms with Crippen molar-refractivity contribution in [3.8, 4) is 5.88 Å². The van der Waals surface area contributed by atoms with E-state index in [1.165, 1.54) is 31.9 Å². The van der Waals surface area contributed by atoms with Crippen molar-refractivity contribution in [3.63, 3.8) is 0 Å². The van der Waals surface area contributed by atoms with Crippen molar-refractivity contribution in [2.24, 2.45) is 5.92 Å². The third kappa shape index (κ3) is 2.34. The lowest BCUT2D eigenvalue weighted by Crippen LogP contribution is -2.09. The summed E-state index contributed by atoms with van der Waals surface area (Å²) in [5.41, 5.74) is 5.42. The number of nitrogens with zero attached hydrogens (tertiary/aromatic N) is 2. The zero-order valence-electron chi connectivity index (χ0n) is 8.15. The van der Waals surface area contributed by atoms with Gasteiger partial charge in [-0.3, -0.25) is 0 Å². The summed E-state index contributed by atoms with van der Waals surface area (Å²) in [6.07, 6.45) is 8.32. The van der Waals surface area contributed by atoms with Crippen LogP contribution in [0.5, 0.6) is 5.88 Å². The summed E-state index contributed by atoms with van der Waals surface area (Å²) in [5.74, 6) is 1.71.